The molecule has 6 aromatic heterocycles. The minimum absolute atomic E-state index is 0.954. The predicted octanol–water partition coefficient (Wildman–Crippen LogP) is 31.2. The summed E-state index contributed by atoms with van der Waals surface area (Å²) in [5.74, 6) is 0. The van der Waals surface area contributed by atoms with Crippen LogP contribution in [0.15, 0.2) is 473 Å². The van der Waals surface area contributed by atoms with Crippen molar-refractivity contribution in [1.82, 2.24) is 28.2 Å². The van der Waals surface area contributed by atoms with E-state index in [9.17, 15) is 0 Å². The molecule has 0 amide bonds. The van der Waals surface area contributed by atoms with Crippen LogP contribution in [0, 0.1) is 0 Å². The van der Waals surface area contributed by atoms with Gasteiger partial charge in [0.05, 0.1) is 66.9 Å². The van der Waals surface area contributed by atoms with E-state index in [-0.39, 0.29) is 0 Å². The van der Waals surface area contributed by atoms with Gasteiger partial charge in [-0.15, -0.1) is 0 Å². The number of nitrogens with zero attached hydrogens (tertiary/aromatic N) is 6. The van der Waals surface area contributed by atoms with Gasteiger partial charge in [0.1, 0.15) is 0 Å². The average Bonchev–Trinajstić information content (AvgIpc) is 1.59. The molecule has 0 aliphatic rings. The second-order valence-corrected chi connectivity index (χ2v) is 31.9. The van der Waals surface area contributed by atoms with Crippen LogP contribution in [0.4, 0.5) is 0 Å². The first-order valence-electron chi connectivity index (χ1n) is 42.4. The van der Waals surface area contributed by atoms with E-state index in [4.69, 9.17) is 9.97 Å². The largest absolute Gasteiger partial charge is 0.309 e. The van der Waals surface area contributed by atoms with Crippen LogP contribution in [-0.2, 0) is 0 Å². The Balaban J connectivity index is 0.000000143. The lowest BCUT2D eigenvalue weighted by molar-refractivity contribution is 1.18. The van der Waals surface area contributed by atoms with Crippen molar-refractivity contribution in [2.45, 2.75) is 0 Å². The Hall–Kier alpha value is -16.5. The summed E-state index contributed by atoms with van der Waals surface area (Å²) in [5, 5.41) is 9.93. The van der Waals surface area contributed by atoms with Crippen molar-refractivity contribution < 1.29 is 0 Å². The first-order valence-corrected chi connectivity index (χ1v) is 42.4. The molecular weight excluding hydrogens is 1500 g/mol. The van der Waals surface area contributed by atoms with Gasteiger partial charge in [0.2, 0.25) is 0 Å². The van der Waals surface area contributed by atoms with E-state index in [1.807, 2.05) is 6.07 Å². The number of fused-ring (bicyclic) bond motifs is 12. The fourth-order valence-electron chi connectivity index (χ4n) is 18.9. The molecule has 24 aromatic rings. The van der Waals surface area contributed by atoms with Gasteiger partial charge >= 0.3 is 0 Å². The van der Waals surface area contributed by atoms with E-state index in [1.54, 1.807) is 0 Å². The Morgan fingerprint density at radius 3 is 0.806 bits per heavy atom. The van der Waals surface area contributed by atoms with Crippen molar-refractivity contribution in [1.29, 1.82) is 0 Å². The molecule has 6 heteroatoms. The lowest BCUT2D eigenvalue weighted by Crippen LogP contribution is -1.95. The Bertz CT molecular complexity index is 8070. The zero-order valence-corrected chi connectivity index (χ0v) is 67.7. The van der Waals surface area contributed by atoms with Crippen LogP contribution in [0.2, 0.25) is 0 Å². The lowest BCUT2D eigenvalue weighted by Gasteiger charge is -2.13. The molecule has 580 valence electrons. The quantitative estimate of drug-likeness (QED) is 0.109. The smallest absolute Gasteiger partial charge is 0.0715 e. The van der Waals surface area contributed by atoms with Crippen LogP contribution in [0.3, 0.4) is 0 Å². The van der Waals surface area contributed by atoms with Gasteiger partial charge in [-0.3, -0.25) is 0 Å². The highest BCUT2D eigenvalue weighted by Gasteiger charge is 2.23. The van der Waals surface area contributed by atoms with Crippen molar-refractivity contribution >= 4 is 87.2 Å². The molecule has 0 atom stereocenters. The highest BCUT2D eigenvalue weighted by molar-refractivity contribution is 6.18. The maximum absolute atomic E-state index is 5.17. The topological polar surface area (TPSA) is 45.5 Å². The standard InChI is InChI=1S/2C59H39N3/c1-4-17-40(18-5-1)53-38-46(39-54(60-53)41-19-6-2-7-20-41)43-22-14-21-42(35-43)44-33-34-57-52(37-44)50-27-10-12-30-55(50)62(57)48-26-15-23-45(36-48)49-29-16-32-58-59(49)51-28-11-13-31-56(51)61(58)47-24-8-3-9-25-47;1-4-16-40(17-5-1)46-38-53(42-18-6-2-7-19-42)60-54(39-46)43-32-30-41(31-33-43)44-34-35-57-52(37-44)50-24-10-12-27-55(50)62(57)48-23-14-20-45(36-48)49-26-15-29-58-59(49)51-25-11-13-28-56(51)61(58)47-21-8-3-9-22-47/h2*1-39H. The molecule has 0 N–H and O–H groups in total. The first-order chi connectivity index (χ1) is 61.5. The molecule has 0 unspecified atom stereocenters. The maximum atomic E-state index is 5.17. The molecule has 0 aliphatic heterocycles. The van der Waals surface area contributed by atoms with Gasteiger partial charge in [-0.25, -0.2) is 9.97 Å². The van der Waals surface area contributed by atoms with Crippen LogP contribution in [-0.4, -0.2) is 28.2 Å². The average molecular weight is 1580 g/mol. The molecule has 0 fully saturated rings. The number of aromatic nitrogens is 6. The molecule has 0 spiro atoms. The lowest BCUT2D eigenvalue weighted by atomic mass is 9.96. The van der Waals surface area contributed by atoms with Crippen LogP contribution in [0.25, 0.3) is 222 Å². The predicted molar refractivity (Wildman–Crippen MR) is 520 cm³/mol. The van der Waals surface area contributed by atoms with E-state index in [2.05, 4.69) is 485 Å². The van der Waals surface area contributed by atoms with Gasteiger partial charge in [0, 0.05) is 88.1 Å². The highest BCUT2D eigenvalue weighted by atomic mass is 15.0. The second kappa shape index (κ2) is 31.0. The summed E-state index contributed by atoms with van der Waals surface area (Å²) in [6, 6.07) is 170. The number of hydrogen-bond acceptors (Lipinski definition) is 2. The molecule has 6 nitrogen and oxygen atoms in total. The SMILES string of the molecule is c1ccc(-c2cc(-c3cccc(-c4ccc5c(c4)c4ccccc4n5-c4cccc(-c5cccc6c5c5ccccc5n6-c5ccccc5)c4)c3)cc(-c3ccccc3)n2)cc1.c1ccc(-c2cc(-c3ccccc3)nc(-c3ccc(-c4ccc5c(c4)c4ccccc4n5-c4cccc(-c5cccc6c5c5ccccc5n6-c5ccccc5)c4)cc3)c2)cc1. The second-order valence-electron chi connectivity index (χ2n) is 31.9. The van der Waals surface area contributed by atoms with Crippen LogP contribution < -0.4 is 0 Å². The van der Waals surface area contributed by atoms with E-state index in [0.717, 1.165) is 84.5 Å². The molecule has 0 saturated heterocycles. The third kappa shape index (κ3) is 13.0. The molecular formula is C118H78N6. The highest BCUT2D eigenvalue weighted by Crippen LogP contribution is 2.45. The van der Waals surface area contributed by atoms with Crippen LogP contribution in [0.1, 0.15) is 0 Å². The zero-order chi connectivity index (χ0) is 82.0. The Morgan fingerprint density at radius 2 is 0.379 bits per heavy atom. The molecule has 0 radical (unpaired) electrons. The molecule has 6 heterocycles. The number of hydrogen-bond donors (Lipinski definition) is 0. The summed E-state index contributed by atoms with van der Waals surface area (Å²) in [4.78, 5) is 10.3. The summed E-state index contributed by atoms with van der Waals surface area (Å²) in [6.45, 7) is 0. The van der Waals surface area contributed by atoms with Crippen molar-refractivity contribution in [3.8, 4) is 135 Å². The summed E-state index contributed by atoms with van der Waals surface area (Å²) < 4.78 is 9.62. The fourth-order valence-corrected chi connectivity index (χ4v) is 18.9. The van der Waals surface area contributed by atoms with Gasteiger partial charge in [-0.2, -0.15) is 0 Å². The van der Waals surface area contributed by atoms with Crippen LogP contribution >= 0.6 is 0 Å². The fraction of sp³-hybridized carbons (Fsp3) is 0. The summed E-state index contributed by atoms with van der Waals surface area (Å²) in [7, 11) is 0. The van der Waals surface area contributed by atoms with Crippen molar-refractivity contribution in [2.24, 2.45) is 0 Å². The molecule has 18 aromatic carbocycles. The van der Waals surface area contributed by atoms with E-state index < -0.39 is 0 Å². The van der Waals surface area contributed by atoms with Gasteiger partial charge in [0.15, 0.2) is 0 Å². The van der Waals surface area contributed by atoms with Crippen molar-refractivity contribution in [3.05, 3.63) is 473 Å². The summed E-state index contributed by atoms with van der Waals surface area (Å²) in [6.07, 6.45) is 0. The molecule has 0 bridgehead atoms. The number of para-hydroxylation sites is 6. The molecule has 124 heavy (non-hydrogen) atoms. The third-order valence-corrected chi connectivity index (χ3v) is 24.6. The summed E-state index contributed by atoms with van der Waals surface area (Å²) in [5.41, 5.74) is 36.5. The monoisotopic (exact) mass is 1580 g/mol. The normalized spacial score (nSPS) is 11.5. The zero-order valence-electron chi connectivity index (χ0n) is 67.7. The van der Waals surface area contributed by atoms with E-state index in [0.29, 0.717) is 0 Å². The minimum Gasteiger partial charge on any atom is -0.309 e. The van der Waals surface area contributed by atoms with Crippen molar-refractivity contribution in [3.63, 3.8) is 0 Å². The number of benzene rings is 18. The Labute approximate surface area is 718 Å². The molecule has 0 aliphatic carbocycles. The van der Waals surface area contributed by atoms with Crippen molar-refractivity contribution in [2.75, 3.05) is 0 Å². The Morgan fingerprint density at radius 1 is 0.129 bits per heavy atom. The molecule has 24 rings (SSSR count). The third-order valence-electron chi connectivity index (χ3n) is 24.6. The van der Waals surface area contributed by atoms with Gasteiger partial charge in [-0.05, 0) is 206 Å². The number of rotatable bonds is 14. The summed E-state index contributed by atoms with van der Waals surface area (Å²) >= 11 is 0. The van der Waals surface area contributed by atoms with Crippen LogP contribution in [0.5, 0.6) is 0 Å². The molecule has 0 saturated carbocycles. The first kappa shape index (κ1) is 72.7. The van der Waals surface area contributed by atoms with Gasteiger partial charge in [0.25, 0.3) is 0 Å². The Kier molecular flexibility index (Phi) is 18.2. The number of pyridine rings is 2. The van der Waals surface area contributed by atoms with Gasteiger partial charge < -0.3 is 18.3 Å². The maximum Gasteiger partial charge on any atom is 0.0715 e. The van der Waals surface area contributed by atoms with Gasteiger partial charge in [-0.1, -0.05) is 334 Å². The minimum atomic E-state index is 0.954. The van der Waals surface area contributed by atoms with E-state index in [1.165, 1.54) is 137 Å². The van der Waals surface area contributed by atoms with E-state index >= 15 is 0 Å².